The largest absolute Gasteiger partial charge is 0.497 e. The van der Waals surface area contributed by atoms with Gasteiger partial charge >= 0.3 is 0 Å². The lowest BCUT2D eigenvalue weighted by molar-refractivity contribution is -0.384. The number of halogens is 1. The number of nitro benzene ring substituents is 1. The number of hydrogen-bond donors (Lipinski definition) is 1. The molecule has 1 heterocycles. The van der Waals surface area contributed by atoms with E-state index in [0.29, 0.717) is 5.56 Å². The first-order chi connectivity index (χ1) is 11.1. The summed E-state index contributed by atoms with van der Waals surface area (Å²) in [4.78, 5) is 13.7. The van der Waals surface area contributed by atoms with Crippen LogP contribution < -0.4 is 4.74 Å². The average molecular weight is 329 g/mol. The minimum atomic E-state index is -0.491. The minimum Gasteiger partial charge on any atom is -0.497 e. The van der Waals surface area contributed by atoms with Gasteiger partial charge in [-0.15, -0.1) is 0 Å². The molecular weight excluding hydrogens is 316 g/mol. The van der Waals surface area contributed by atoms with Crippen LogP contribution in [0.15, 0.2) is 42.5 Å². The second-order valence-electron chi connectivity index (χ2n) is 4.95. The third-order valence-electron chi connectivity index (χ3n) is 3.50. The summed E-state index contributed by atoms with van der Waals surface area (Å²) in [7, 11) is 1.62. The molecular formula is C17H13ClN2O3. The number of hydrogen-bond acceptors (Lipinski definition) is 3. The van der Waals surface area contributed by atoms with E-state index in [9.17, 15) is 10.1 Å². The molecule has 3 aromatic rings. The quantitative estimate of drug-likeness (QED) is 0.546. The summed E-state index contributed by atoms with van der Waals surface area (Å²) in [5, 5.41) is 12.1. The Bertz CT molecular complexity index is 915. The van der Waals surface area contributed by atoms with Crippen molar-refractivity contribution in [3.05, 3.63) is 68.9 Å². The maximum Gasteiger partial charge on any atom is 0.288 e. The first kappa shape index (κ1) is 15.1. The van der Waals surface area contributed by atoms with E-state index in [1.54, 1.807) is 25.3 Å². The molecule has 0 aliphatic heterocycles. The summed E-state index contributed by atoms with van der Waals surface area (Å²) in [6.07, 6.45) is 3.58. The molecule has 0 saturated carbocycles. The number of nitrogens with zero attached hydrogens (tertiary/aromatic N) is 1. The summed E-state index contributed by atoms with van der Waals surface area (Å²) in [5.74, 6) is 0.786. The molecule has 1 aromatic heterocycles. The molecule has 0 fully saturated rings. The fraction of sp³-hybridized carbons (Fsp3) is 0.0588. The van der Waals surface area contributed by atoms with Crippen molar-refractivity contribution in [1.82, 2.24) is 4.98 Å². The van der Waals surface area contributed by atoms with Crippen molar-refractivity contribution in [3.8, 4) is 5.75 Å². The zero-order valence-corrected chi connectivity index (χ0v) is 13.0. The van der Waals surface area contributed by atoms with E-state index in [-0.39, 0.29) is 10.7 Å². The van der Waals surface area contributed by atoms with Gasteiger partial charge < -0.3 is 9.72 Å². The Morgan fingerprint density at radius 3 is 2.78 bits per heavy atom. The molecule has 0 atom stereocenters. The van der Waals surface area contributed by atoms with Crippen LogP contribution in [0.4, 0.5) is 5.69 Å². The van der Waals surface area contributed by atoms with Gasteiger partial charge in [0.15, 0.2) is 0 Å². The molecule has 5 nitrogen and oxygen atoms in total. The molecule has 0 bridgehead atoms. The molecule has 116 valence electrons. The van der Waals surface area contributed by atoms with Crippen molar-refractivity contribution in [3.63, 3.8) is 0 Å². The number of aromatic amines is 1. The summed E-state index contributed by atoms with van der Waals surface area (Å²) >= 11 is 6.07. The lowest BCUT2D eigenvalue weighted by atomic mass is 10.1. The van der Waals surface area contributed by atoms with Gasteiger partial charge in [0.2, 0.25) is 0 Å². The van der Waals surface area contributed by atoms with Crippen LogP contribution in [0.3, 0.4) is 0 Å². The number of methoxy groups -OCH3 is 1. The molecule has 6 heteroatoms. The van der Waals surface area contributed by atoms with Gasteiger partial charge in [-0.3, -0.25) is 10.1 Å². The van der Waals surface area contributed by atoms with E-state index in [4.69, 9.17) is 16.3 Å². The molecule has 0 aliphatic rings. The number of nitrogens with one attached hydrogen (secondary N) is 1. The second kappa shape index (κ2) is 6.14. The molecule has 0 amide bonds. The van der Waals surface area contributed by atoms with E-state index >= 15 is 0 Å². The van der Waals surface area contributed by atoms with E-state index in [2.05, 4.69) is 4.98 Å². The van der Waals surface area contributed by atoms with Crippen LogP contribution in [0.5, 0.6) is 5.75 Å². The molecule has 0 unspecified atom stereocenters. The molecule has 0 spiro atoms. The van der Waals surface area contributed by atoms with E-state index in [0.717, 1.165) is 22.3 Å². The number of nitro groups is 1. The molecule has 2 aromatic carbocycles. The van der Waals surface area contributed by atoms with Crippen molar-refractivity contribution in [1.29, 1.82) is 0 Å². The van der Waals surface area contributed by atoms with Crippen molar-refractivity contribution in [2.45, 2.75) is 0 Å². The van der Waals surface area contributed by atoms with Crippen LogP contribution in [0.2, 0.25) is 5.02 Å². The Labute approximate surface area is 137 Å². The predicted molar refractivity (Wildman–Crippen MR) is 91.9 cm³/mol. The highest BCUT2D eigenvalue weighted by molar-refractivity contribution is 6.34. The minimum absolute atomic E-state index is 0.102. The van der Waals surface area contributed by atoms with Gasteiger partial charge in [-0.05, 0) is 30.3 Å². The van der Waals surface area contributed by atoms with Gasteiger partial charge in [0, 0.05) is 28.2 Å². The Morgan fingerprint density at radius 2 is 2.04 bits per heavy atom. The van der Waals surface area contributed by atoms with Gasteiger partial charge in [-0.2, -0.15) is 0 Å². The maximum absolute atomic E-state index is 10.9. The van der Waals surface area contributed by atoms with Crippen LogP contribution in [0.25, 0.3) is 23.1 Å². The predicted octanol–water partition coefficient (Wildman–Crippen LogP) is 4.91. The van der Waals surface area contributed by atoms with Gasteiger partial charge in [0.1, 0.15) is 10.8 Å². The lowest BCUT2D eigenvalue weighted by Crippen LogP contribution is -1.90. The third-order valence-corrected chi connectivity index (χ3v) is 3.91. The smallest absolute Gasteiger partial charge is 0.288 e. The number of ether oxygens (including phenoxy) is 1. The maximum atomic E-state index is 10.9. The van der Waals surface area contributed by atoms with Crippen molar-refractivity contribution in [2.24, 2.45) is 0 Å². The molecule has 3 rings (SSSR count). The number of aromatic nitrogens is 1. The van der Waals surface area contributed by atoms with Crippen molar-refractivity contribution < 1.29 is 9.66 Å². The summed E-state index contributed by atoms with van der Waals surface area (Å²) < 4.78 is 5.20. The lowest BCUT2D eigenvalue weighted by Gasteiger charge is -1.99. The van der Waals surface area contributed by atoms with Crippen LogP contribution in [0, 0.1) is 10.1 Å². The number of rotatable bonds is 4. The summed E-state index contributed by atoms with van der Waals surface area (Å²) in [6.45, 7) is 0. The molecule has 0 radical (unpaired) electrons. The Kier molecular flexibility index (Phi) is 4.04. The highest BCUT2D eigenvalue weighted by Crippen LogP contribution is 2.29. The van der Waals surface area contributed by atoms with Crippen molar-refractivity contribution >= 4 is 40.3 Å². The van der Waals surface area contributed by atoms with Crippen LogP contribution >= 0.6 is 11.6 Å². The Morgan fingerprint density at radius 1 is 1.22 bits per heavy atom. The number of fused-ring (bicyclic) bond motifs is 1. The monoisotopic (exact) mass is 328 g/mol. The van der Waals surface area contributed by atoms with Gasteiger partial charge in [-0.25, -0.2) is 0 Å². The van der Waals surface area contributed by atoms with E-state index in [1.165, 1.54) is 6.07 Å². The van der Waals surface area contributed by atoms with E-state index in [1.807, 2.05) is 30.3 Å². The number of H-pyrrole nitrogens is 1. The fourth-order valence-electron chi connectivity index (χ4n) is 2.34. The third kappa shape index (κ3) is 3.05. The topological polar surface area (TPSA) is 68.2 Å². The van der Waals surface area contributed by atoms with Gasteiger partial charge in [-0.1, -0.05) is 29.8 Å². The first-order valence-electron chi connectivity index (χ1n) is 6.86. The molecule has 0 aliphatic carbocycles. The Balaban J connectivity index is 1.94. The normalized spacial score (nSPS) is 11.2. The zero-order valence-electron chi connectivity index (χ0n) is 12.2. The van der Waals surface area contributed by atoms with Crippen LogP contribution in [-0.4, -0.2) is 17.0 Å². The van der Waals surface area contributed by atoms with Crippen molar-refractivity contribution in [2.75, 3.05) is 7.11 Å². The summed E-state index contributed by atoms with van der Waals surface area (Å²) in [5.41, 5.74) is 2.35. The Hall–Kier alpha value is -2.79. The fourth-order valence-corrected chi connectivity index (χ4v) is 2.59. The second-order valence-corrected chi connectivity index (χ2v) is 5.33. The average Bonchev–Trinajstić information content (AvgIpc) is 2.95. The van der Waals surface area contributed by atoms with Gasteiger partial charge in [0.05, 0.1) is 12.0 Å². The molecule has 23 heavy (non-hydrogen) atoms. The summed E-state index contributed by atoms with van der Waals surface area (Å²) in [6, 6.07) is 12.4. The first-order valence-corrected chi connectivity index (χ1v) is 7.24. The van der Waals surface area contributed by atoms with Crippen LogP contribution in [-0.2, 0) is 0 Å². The van der Waals surface area contributed by atoms with Gasteiger partial charge in [0.25, 0.3) is 5.69 Å². The highest BCUT2D eigenvalue weighted by atomic mass is 35.5. The molecule has 1 N–H and O–H groups in total. The van der Waals surface area contributed by atoms with E-state index < -0.39 is 4.92 Å². The standard InChI is InChI=1S/C17H13ClN2O3/c1-23-14-7-8-15-12(10-14)9-13(19-15)6-5-11-3-2-4-16(17(11)18)20(21)22/h2-10,19H,1H3/b6-5+. The number of benzene rings is 2. The van der Waals surface area contributed by atoms with Crippen LogP contribution in [0.1, 0.15) is 11.3 Å². The SMILES string of the molecule is COc1ccc2[nH]c(/C=C/c3cccc([N+](=O)[O-])c3Cl)cc2c1. The molecule has 0 saturated heterocycles. The zero-order chi connectivity index (χ0) is 16.4. The highest BCUT2D eigenvalue weighted by Gasteiger charge is 2.13.